The average molecular weight is 294 g/mol. The number of benzene rings is 3. The number of hydrogen-bond donors (Lipinski definition) is 1. The van der Waals surface area contributed by atoms with E-state index in [0.29, 0.717) is 17.9 Å². The van der Waals surface area contributed by atoms with Crippen molar-refractivity contribution < 1.29 is 9.84 Å². The second kappa shape index (κ2) is 5.94. The van der Waals surface area contributed by atoms with E-state index in [-0.39, 0.29) is 5.05 Å². The Labute approximate surface area is 128 Å². The second-order valence-corrected chi connectivity index (χ2v) is 5.16. The van der Waals surface area contributed by atoms with Gasteiger partial charge in [-0.1, -0.05) is 48.5 Å². The van der Waals surface area contributed by atoms with Gasteiger partial charge in [-0.25, -0.2) is 0 Å². The molecule has 3 heteroatoms. The Morgan fingerprint density at radius 1 is 0.905 bits per heavy atom. The molecule has 0 bridgehead atoms. The van der Waals surface area contributed by atoms with E-state index in [1.165, 1.54) is 10.8 Å². The highest BCUT2D eigenvalue weighted by Crippen LogP contribution is 2.21. The largest absolute Gasteiger partial charge is 0.498 e. The van der Waals surface area contributed by atoms with Gasteiger partial charge in [-0.05, 0) is 46.8 Å². The summed E-state index contributed by atoms with van der Waals surface area (Å²) in [7, 11) is 0. The lowest BCUT2D eigenvalue weighted by Gasteiger charge is -2.10. The molecule has 0 aliphatic rings. The fourth-order valence-corrected chi connectivity index (χ4v) is 2.43. The van der Waals surface area contributed by atoms with Gasteiger partial charge in [0.05, 0.1) is 5.56 Å². The summed E-state index contributed by atoms with van der Waals surface area (Å²) in [6, 6.07) is 21.7. The van der Waals surface area contributed by atoms with Crippen molar-refractivity contribution >= 4 is 28.0 Å². The lowest BCUT2D eigenvalue weighted by atomic mass is 10.1. The molecular weight excluding hydrogens is 280 g/mol. The zero-order valence-corrected chi connectivity index (χ0v) is 12.1. The number of ether oxygens (including phenoxy) is 1. The van der Waals surface area contributed by atoms with Crippen LogP contribution < -0.4 is 4.74 Å². The summed E-state index contributed by atoms with van der Waals surface area (Å²) in [5, 5.41) is 11.7. The number of hydrogen-bond acceptors (Lipinski definition) is 2. The van der Waals surface area contributed by atoms with Crippen molar-refractivity contribution in [3.63, 3.8) is 0 Å². The minimum Gasteiger partial charge on any atom is -0.498 e. The average Bonchev–Trinajstić information content (AvgIpc) is 2.53. The highest BCUT2D eigenvalue weighted by molar-refractivity contribution is 7.80. The molecule has 0 saturated carbocycles. The van der Waals surface area contributed by atoms with Crippen LogP contribution in [0.2, 0.25) is 0 Å². The molecule has 0 aromatic heterocycles. The molecule has 0 saturated heterocycles. The number of thiocarbonyl (C=S) groups is 1. The van der Waals surface area contributed by atoms with Gasteiger partial charge in [0.1, 0.15) is 12.4 Å². The van der Waals surface area contributed by atoms with Crippen LogP contribution in [-0.2, 0) is 6.61 Å². The Hall–Kier alpha value is -2.39. The summed E-state index contributed by atoms with van der Waals surface area (Å²) in [4.78, 5) is 0. The quantitative estimate of drug-likeness (QED) is 0.710. The van der Waals surface area contributed by atoms with Gasteiger partial charge in [-0.15, -0.1) is 0 Å². The Morgan fingerprint density at radius 2 is 1.62 bits per heavy atom. The third-order valence-corrected chi connectivity index (χ3v) is 3.55. The van der Waals surface area contributed by atoms with Crippen LogP contribution >= 0.6 is 12.2 Å². The van der Waals surface area contributed by atoms with Crippen LogP contribution in [0.5, 0.6) is 5.75 Å². The minimum absolute atomic E-state index is 0.149. The Balaban J connectivity index is 1.82. The third-order valence-electron chi connectivity index (χ3n) is 3.33. The summed E-state index contributed by atoms with van der Waals surface area (Å²) < 4.78 is 5.79. The Bertz CT molecular complexity index is 796. The molecule has 0 fully saturated rings. The van der Waals surface area contributed by atoms with Gasteiger partial charge >= 0.3 is 0 Å². The van der Waals surface area contributed by atoms with Gasteiger partial charge < -0.3 is 9.84 Å². The normalized spacial score (nSPS) is 10.5. The zero-order valence-electron chi connectivity index (χ0n) is 11.3. The number of aliphatic hydroxyl groups excluding tert-OH is 1. The monoisotopic (exact) mass is 294 g/mol. The van der Waals surface area contributed by atoms with Crippen molar-refractivity contribution in [2.75, 3.05) is 0 Å². The van der Waals surface area contributed by atoms with Gasteiger partial charge in [-0.2, -0.15) is 0 Å². The van der Waals surface area contributed by atoms with Gasteiger partial charge in [0.2, 0.25) is 0 Å². The lowest BCUT2D eigenvalue weighted by molar-refractivity contribution is 0.305. The van der Waals surface area contributed by atoms with E-state index in [9.17, 15) is 5.11 Å². The van der Waals surface area contributed by atoms with Gasteiger partial charge in [-0.3, -0.25) is 0 Å². The van der Waals surface area contributed by atoms with Crippen LogP contribution in [0, 0.1) is 0 Å². The first-order valence-electron chi connectivity index (χ1n) is 6.67. The van der Waals surface area contributed by atoms with Crippen LogP contribution in [0.15, 0.2) is 66.7 Å². The third kappa shape index (κ3) is 3.03. The summed E-state index contributed by atoms with van der Waals surface area (Å²) in [6.45, 7) is 0.435. The summed E-state index contributed by atoms with van der Waals surface area (Å²) in [6.07, 6.45) is 0. The lowest BCUT2D eigenvalue weighted by Crippen LogP contribution is -2.02. The van der Waals surface area contributed by atoms with E-state index in [2.05, 4.69) is 24.3 Å². The summed E-state index contributed by atoms with van der Waals surface area (Å²) in [5.41, 5.74) is 1.63. The van der Waals surface area contributed by atoms with E-state index in [0.717, 1.165) is 5.56 Å². The number of para-hydroxylation sites is 1. The molecule has 21 heavy (non-hydrogen) atoms. The molecule has 0 radical (unpaired) electrons. The van der Waals surface area contributed by atoms with Gasteiger partial charge in [0, 0.05) is 0 Å². The molecule has 3 aromatic carbocycles. The fourth-order valence-electron chi connectivity index (χ4n) is 2.26. The molecule has 2 nitrogen and oxygen atoms in total. The van der Waals surface area contributed by atoms with E-state index in [4.69, 9.17) is 17.0 Å². The molecule has 0 amide bonds. The number of fused-ring (bicyclic) bond motifs is 1. The highest BCUT2D eigenvalue weighted by Gasteiger charge is 2.07. The maximum absolute atomic E-state index is 9.49. The summed E-state index contributed by atoms with van der Waals surface area (Å²) >= 11 is 4.82. The predicted octanol–water partition coefficient (Wildman–Crippen LogP) is 4.65. The van der Waals surface area contributed by atoms with Gasteiger partial charge in [0.15, 0.2) is 5.05 Å². The molecule has 3 aromatic rings. The molecule has 0 atom stereocenters. The van der Waals surface area contributed by atoms with Crippen LogP contribution in [0.25, 0.3) is 10.8 Å². The highest BCUT2D eigenvalue weighted by atomic mass is 32.1. The van der Waals surface area contributed by atoms with Crippen molar-refractivity contribution in [1.82, 2.24) is 0 Å². The molecule has 0 unspecified atom stereocenters. The first kappa shape index (κ1) is 13.6. The second-order valence-electron chi connectivity index (χ2n) is 4.77. The molecule has 3 rings (SSSR count). The SMILES string of the molecule is OC(=S)c1ccccc1OCc1ccc2ccccc2c1. The van der Waals surface area contributed by atoms with Crippen LogP contribution in [0.4, 0.5) is 0 Å². The standard InChI is InChI=1S/C18H14O2S/c19-18(21)16-7-3-4-8-17(16)20-12-13-9-10-14-5-1-2-6-15(14)11-13/h1-11H,12H2,(H,19,21). The molecule has 0 aliphatic carbocycles. The molecule has 1 N–H and O–H groups in total. The molecule has 0 aliphatic heterocycles. The van der Waals surface area contributed by atoms with E-state index >= 15 is 0 Å². The first-order valence-corrected chi connectivity index (χ1v) is 7.08. The maximum atomic E-state index is 9.49. The Kier molecular flexibility index (Phi) is 3.84. The smallest absolute Gasteiger partial charge is 0.192 e. The summed E-state index contributed by atoms with van der Waals surface area (Å²) in [5.74, 6) is 0.596. The topological polar surface area (TPSA) is 29.5 Å². The minimum atomic E-state index is -0.149. The number of rotatable bonds is 4. The maximum Gasteiger partial charge on any atom is 0.192 e. The van der Waals surface area contributed by atoms with Crippen molar-refractivity contribution in [1.29, 1.82) is 0 Å². The molecule has 0 spiro atoms. The van der Waals surface area contributed by atoms with Gasteiger partial charge in [0.25, 0.3) is 0 Å². The van der Waals surface area contributed by atoms with Crippen molar-refractivity contribution in [2.24, 2.45) is 0 Å². The fraction of sp³-hybridized carbons (Fsp3) is 0.0556. The zero-order chi connectivity index (χ0) is 14.7. The Morgan fingerprint density at radius 3 is 2.43 bits per heavy atom. The van der Waals surface area contributed by atoms with Crippen LogP contribution in [-0.4, -0.2) is 10.2 Å². The van der Waals surface area contributed by atoms with Crippen molar-refractivity contribution in [3.8, 4) is 5.75 Å². The molecule has 0 heterocycles. The van der Waals surface area contributed by atoms with Crippen LogP contribution in [0.3, 0.4) is 0 Å². The van der Waals surface area contributed by atoms with Crippen molar-refractivity contribution in [3.05, 3.63) is 77.9 Å². The number of aliphatic hydroxyl groups is 1. The van der Waals surface area contributed by atoms with E-state index < -0.39 is 0 Å². The van der Waals surface area contributed by atoms with E-state index in [1.807, 2.05) is 30.3 Å². The van der Waals surface area contributed by atoms with E-state index in [1.54, 1.807) is 12.1 Å². The van der Waals surface area contributed by atoms with Crippen molar-refractivity contribution in [2.45, 2.75) is 6.61 Å². The van der Waals surface area contributed by atoms with Crippen LogP contribution in [0.1, 0.15) is 11.1 Å². The molecular formula is C18H14O2S. The molecule has 104 valence electrons. The predicted molar refractivity (Wildman–Crippen MR) is 89.1 cm³/mol. The first-order chi connectivity index (χ1) is 10.2.